The van der Waals surface area contributed by atoms with Gasteiger partial charge in [0.15, 0.2) is 0 Å². The van der Waals surface area contributed by atoms with Gasteiger partial charge in [0, 0.05) is 19.5 Å². The molecule has 0 saturated carbocycles. The van der Waals surface area contributed by atoms with Crippen LogP contribution < -0.4 is 10.6 Å². The summed E-state index contributed by atoms with van der Waals surface area (Å²) in [5.41, 5.74) is 4.57. The molecule has 1 aromatic carbocycles. The summed E-state index contributed by atoms with van der Waals surface area (Å²) in [6.07, 6.45) is 4.51. The molecule has 2 aliphatic heterocycles. The van der Waals surface area contributed by atoms with Gasteiger partial charge in [0.25, 0.3) is 0 Å². The van der Waals surface area contributed by atoms with Crippen molar-refractivity contribution in [2.45, 2.75) is 38.8 Å². The van der Waals surface area contributed by atoms with Crippen molar-refractivity contribution in [3.63, 3.8) is 0 Å². The van der Waals surface area contributed by atoms with Gasteiger partial charge >= 0.3 is 0 Å². The van der Waals surface area contributed by atoms with E-state index < -0.39 is 11.9 Å². The molecule has 1 unspecified atom stereocenters. The maximum absolute atomic E-state index is 12.0. The number of piperidine rings is 1. The minimum Gasteiger partial charge on any atom is -0.329 e. The highest BCUT2D eigenvalue weighted by Crippen LogP contribution is 2.24. The Morgan fingerprint density at radius 3 is 2.80 bits per heavy atom. The molecule has 2 aliphatic rings. The van der Waals surface area contributed by atoms with Crippen molar-refractivity contribution in [2.24, 2.45) is 0 Å². The SMILES string of the molecule is Cc1ccc(C2=CCNCC2)cc1CN(C=O)C1CCC(=O)NC1=O. The van der Waals surface area contributed by atoms with Gasteiger partial charge in [-0.15, -0.1) is 0 Å². The molecule has 2 heterocycles. The molecule has 1 aromatic rings. The van der Waals surface area contributed by atoms with E-state index in [-0.39, 0.29) is 12.3 Å². The highest BCUT2D eigenvalue weighted by Gasteiger charge is 2.31. The number of benzene rings is 1. The molecule has 6 heteroatoms. The summed E-state index contributed by atoms with van der Waals surface area (Å²) < 4.78 is 0. The topological polar surface area (TPSA) is 78.5 Å². The van der Waals surface area contributed by atoms with Crippen molar-refractivity contribution in [3.05, 3.63) is 41.0 Å². The fourth-order valence-electron chi connectivity index (χ4n) is 3.34. The number of nitrogens with zero attached hydrogens (tertiary/aromatic N) is 1. The Morgan fingerprint density at radius 2 is 2.12 bits per heavy atom. The Hall–Kier alpha value is -2.47. The van der Waals surface area contributed by atoms with Crippen molar-refractivity contribution >= 4 is 23.8 Å². The summed E-state index contributed by atoms with van der Waals surface area (Å²) in [7, 11) is 0. The first-order valence-electron chi connectivity index (χ1n) is 8.63. The van der Waals surface area contributed by atoms with E-state index >= 15 is 0 Å². The molecule has 25 heavy (non-hydrogen) atoms. The molecule has 0 spiro atoms. The molecule has 6 nitrogen and oxygen atoms in total. The first kappa shape index (κ1) is 17.4. The summed E-state index contributed by atoms with van der Waals surface area (Å²) in [5, 5.41) is 5.61. The summed E-state index contributed by atoms with van der Waals surface area (Å²) in [4.78, 5) is 36.4. The van der Waals surface area contributed by atoms with Crippen LogP contribution in [0.4, 0.5) is 0 Å². The van der Waals surface area contributed by atoms with E-state index in [4.69, 9.17) is 0 Å². The summed E-state index contributed by atoms with van der Waals surface area (Å²) >= 11 is 0. The van der Waals surface area contributed by atoms with Crippen LogP contribution >= 0.6 is 0 Å². The molecule has 0 radical (unpaired) electrons. The van der Waals surface area contributed by atoms with Gasteiger partial charge in [-0.1, -0.05) is 18.2 Å². The highest BCUT2D eigenvalue weighted by atomic mass is 16.2. The number of rotatable bonds is 5. The maximum atomic E-state index is 12.0. The van der Waals surface area contributed by atoms with Crippen LogP contribution in [-0.2, 0) is 20.9 Å². The predicted molar refractivity (Wildman–Crippen MR) is 94.4 cm³/mol. The lowest BCUT2D eigenvalue weighted by atomic mass is 9.95. The lowest BCUT2D eigenvalue weighted by Gasteiger charge is -2.30. The van der Waals surface area contributed by atoms with E-state index in [1.807, 2.05) is 6.92 Å². The molecule has 132 valence electrons. The smallest absolute Gasteiger partial charge is 0.249 e. The average molecular weight is 341 g/mol. The largest absolute Gasteiger partial charge is 0.329 e. The first-order chi connectivity index (χ1) is 12.1. The summed E-state index contributed by atoms with van der Waals surface area (Å²) in [6.45, 7) is 4.20. The molecule has 1 atom stereocenters. The average Bonchev–Trinajstić information content (AvgIpc) is 2.62. The van der Waals surface area contributed by atoms with Crippen molar-refractivity contribution in [1.82, 2.24) is 15.5 Å². The van der Waals surface area contributed by atoms with Crippen LogP contribution in [0.1, 0.15) is 36.0 Å². The fraction of sp³-hybridized carbons (Fsp3) is 0.421. The summed E-state index contributed by atoms with van der Waals surface area (Å²) in [5.74, 6) is -0.665. The second kappa shape index (κ2) is 7.61. The van der Waals surface area contributed by atoms with Crippen LogP contribution in [0.3, 0.4) is 0 Å². The van der Waals surface area contributed by atoms with Crippen LogP contribution in [0.25, 0.3) is 5.57 Å². The van der Waals surface area contributed by atoms with E-state index in [1.165, 1.54) is 10.5 Å². The van der Waals surface area contributed by atoms with Crippen molar-refractivity contribution in [3.8, 4) is 0 Å². The van der Waals surface area contributed by atoms with Crippen LogP contribution in [-0.4, -0.2) is 42.3 Å². The minimum atomic E-state index is -0.587. The van der Waals surface area contributed by atoms with Gasteiger partial charge in [-0.2, -0.15) is 0 Å². The van der Waals surface area contributed by atoms with E-state index in [2.05, 4.69) is 34.9 Å². The lowest BCUT2D eigenvalue weighted by Crippen LogP contribution is -2.51. The number of hydrogen-bond donors (Lipinski definition) is 2. The number of imide groups is 1. The van der Waals surface area contributed by atoms with Gasteiger partial charge in [-0.25, -0.2) is 0 Å². The Labute approximate surface area is 147 Å². The van der Waals surface area contributed by atoms with Crippen molar-refractivity contribution in [1.29, 1.82) is 0 Å². The third-order valence-electron chi connectivity index (χ3n) is 4.88. The van der Waals surface area contributed by atoms with Crippen LogP contribution in [0.5, 0.6) is 0 Å². The molecule has 0 bridgehead atoms. The first-order valence-corrected chi connectivity index (χ1v) is 8.63. The third-order valence-corrected chi connectivity index (χ3v) is 4.88. The zero-order valence-electron chi connectivity index (χ0n) is 14.4. The number of carbonyl (C=O) groups is 3. The van der Waals surface area contributed by atoms with E-state index in [0.717, 1.165) is 36.2 Å². The van der Waals surface area contributed by atoms with Crippen molar-refractivity contribution in [2.75, 3.05) is 13.1 Å². The van der Waals surface area contributed by atoms with E-state index in [1.54, 1.807) is 0 Å². The molecule has 2 N–H and O–H groups in total. The van der Waals surface area contributed by atoms with E-state index in [9.17, 15) is 14.4 Å². The summed E-state index contributed by atoms with van der Waals surface area (Å²) in [6, 6.07) is 5.68. The lowest BCUT2D eigenvalue weighted by molar-refractivity contribution is -0.141. The van der Waals surface area contributed by atoms with Crippen LogP contribution in [0.2, 0.25) is 0 Å². The molecular formula is C19H23N3O3. The van der Waals surface area contributed by atoms with Gasteiger partial charge in [0.2, 0.25) is 18.2 Å². The Kier molecular flexibility index (Phi) is 5.28. The molecule has 0 aliphatic carbocycles. The van der Waals surface area contributed by atoms with Crippen molar-refractivity contribution < 1.29 is 14.4 Å². The number of carbonyl (C=O) groups excluding carboxylic acids is 3. The molecule has 1 saturated heterocycles. The number of nitrogens with one attached hydrogen (secondary N) is 2. The number of hydrogen-bond acceptors (Lipinski definition) is 4. The molecule has 3 rings (SSSR count). The predicted octanol–water partition coefficient (Wildman–Crippen LogP) is 1.14. The third kappa shape index (κ3) is 3.96. The van der Waals surface area contributed by atoms with E-state index in [0.29, 0.717) is 19.4 Å². The number of amides is 3. The van der Waals surface area contributed by atoms with Gasteiger partial charge in [-0.3, -0.25) is 19.7 Å². The maximum Gasteiger partial charge on any atom is 0.249 e. The zero-order valence-corrected chi connectivity index (χ0v) is 14.4. The highest BCUT2D eigenvalue weighted by molar-refractivity contribution is 6.00. The quantitative estimate of drug-likeness (QED) is 0.622. The Morgan fingerprint density at radius 1 is 1.28 bits per heavy atom. The van der Waals surface area contributed by atoms with Crippen LogP contribution in [0.15, 0.2) is 24.3 Å². The van der Waals surface area contributed by atoms with Gasteiger partial charge in [-0.05, 0) is 54.6 Å². The Bertz CT molecular complexity index is 727. The minimum absolute atomic E-state index is 0.264. The van der Waals surface area contributed by atoms with Gasteiger partial charge < -0.3 is 10.2 Å². The van der Waals surface area contributed by atoms with Gasteiger partial charge in [0.1, 0.15) is 6.04 Å². The zero-order chi connectivity index (χ0) is 17.8. The molecule has 3 amide bonds. The molecule has 1 fully saturated rings. The van der Waals surface area contributed by atoms with Crippen LogP contribution in [0, 0.1) is 6.92 Å². The monoisotopic (exact) mass is 341 g/mol. The normalized spacial score (nSPS) is 20.7. The molecular weight excluding hydrogens is 318 g/mol. The Balaban J connectivity index is 1.80. The molecule has 0 aromatic heterocycles. The van der Waals surface area contributed by atoms with Gasteiger partial charge in [0.05, 0.1) is 0 Å². The second-order valence-electron chi connectivity index (χ2n) is 6.57. The second-order valence-corrected chi connectivity index (χ2v) is 6.57. The number of aryl methyl sites for hydroxylation is 1. The standard InChI is InChI=1S/C19H23N3O3/c1-13-2-3-15(14-6-8-20-9-7-14)10-16(13)11-22(12-23)17-4-5-18(24)21-19(17)25/h2-3,6,10,12,17,20H,4-5,7-9,11H2,1H3,(H,21,24,25). The fourth-order valence-corrected chi connectivity index (χ4v) is 3.34.